The van der Waals surface area contributed by atoms with E-state index >= 15 is 0 Å². The van der Waals surface area contributed by atoms with Gasteiger partial charge >= 0.3 is 5.97 Å². The van der Waals surface area contributed by atoms with Gasteiger partial charge in [0, 0.05) is 0 Å². The van der Waals surface area contributed by atoms with E-state index in [0.29, 0.717) is 18.9 Å². The van der Waals surface area contributed by atoms with Gasteiger partial charge in [0.05, 0.1) is 13.5 Å². The molecule has 1 rings (SSSR count). The van der Waals surface area contributed by atoms with Gasteiger partial charge in [0.15, 0.2) is 0 Å². The van der Waals surface area contributed by atoms with Crippen LogP contribution in [0.1, 0.15) is 32.6 Å². The number of hydrogen-bond acceptors (Lipinski definition) is 3. The second-order valence-electron chi connectivity index (χ2n) is 4.31. The van der Waals surface area contributed by atoms with Crippen molar-refractivity contribution >= 4 is 5.97 Å². The molecule has 1 fully saturated rings. The first kappa shape index (κ1) is 10.5. The van der Waals surface area contributed by atoms with Crippen LogP contribution in [0.25, 0.3) is 0 Å². The van der Waals surface area contributed by atoms with Gasteiger partial charge in [-0.25, -0.2) is 0 Å². The van der Waals surface area contributed by atoms with Crippen LogP contribution in [0, 0.1) is 11.3 Å². The highest BCUT2D eigenvalue weighted by Gasteiger charge is 2.38. The molecule has 2 unspecified atom stereocenters. The Kier molecular flexibility index (Phi) is 3.31. The van der Waals surface area contributed by atoms with Gasteiger partial charge in [0.25, 0.3) is 0 Å². The predicted octanol–water partition coefficient (Wildman–Crippen LogP) is 1.31. The first-order chi connectivity index (χ1) is 6.12. The first-order valence-corrected chi connectivity index (χ1v) is 4.89. The lowest BCUT2D eigenvalue weighted by Gasteiger charge is -2.25. The van der Waals surface area contributed by atoms with E-state index in [4.69, 9.17) is 5.73 Å². The van der Waals surface area contributed by atoms with Crippen LogP contribution in [0.5, 0.6) is 0 Å². The maximum atomic E-state index is 11.2. The normalized spacial score (nSPS) is 33.3. The average Bonchev–Trinajstić information content (AvgIpc) is 2.48. The largest absolute Gasteiger partial charge is 0.469 e. The minimum atomic E-state index is -0.125. The third-order valence-electron chi connectivity index (χ3n) is 3.13. The fraction of sp³-hybridized carbons (Fsp3) is 0.900. The number of esters is 1. The average molecular weight is 185 g/mol. The molecule has 0 aliphatic heterocycles. The van der Waals surface area contributed by atoms with Crippen molar-refractivity contribution in [3.8, 4) is 0 Å². The van der Waals surface area contributed by atoms with Gasteiger partial charge in [-0.2, -0.15) is 0 Å². The van der Waals surface area contributed by atoms with Crippen LogP contribution in [0.15, 0.2) is 0 Å². The van der Waals surface area contributed by atoms with Crippen LogP contribution in [-0.2, 0) is 9.53 Å². The van der Waals surface area contributed by atoms with Gasteiger partial charge in [0.1, 0.15) is 0 Å². The lowest BCUT2D eigenvalue weighted by Crippen LogP contribution is -2.31. The maximum absolute atomic E-state index is 11.2. The van der Waals surface area contributed by atoms with Crippen molar-refractivity contribution in [2.75, 3.05) is 13.7 Å². The summed E-state index contributed by atoms with van der Waals surface area (Å²) in [5.74, 6) is 0.577. The van der Waals surface area contributed by atoms with Crippen LogP contribution in [0.4, 0.5) is 0 Å². The summed E-state index contributed by atoms with van der Waals surface area (Å²) in [4.78, 5) is 11.2. The molecule has 0 aromatic rings. The SMILES string of the molecule is COC(=O)CC1(CN)CCC(C)C1. The Hall–Kier alpha value is -0.570. The number of carbonyl (C=O) groups is 1. The van der Waals surface area contributed by atoms with Gasteiger partial charge in [-0.1, -0.05) is 13.3 Å². The van der Waals surface area contributed by atoms with Crippen LogP contribution in [-0.4, -0.2) is 19.6 Å². The van der Waals surface area contributed by atoms with Crippen LogP contribution >= 0.6 is 0 Å². The molecule has 0 bridgehead atoms. The summed E-state index contributed by atoms with van der Waals surface area (Å²) in [7, 11) is 1.44. The van der Waals surface area contributed by atoms with E-state index in [0.717, 1.165) is 12.8 Å². The summed E-state index contributed by atoms with van der Waals surface area (Å²) in [6, 6.07) is 0. The van der Waals surface area contributed by atoms with Crippen molar-refractivity contribution in [1.82, 2.24) is 0 Å². The number of carbonyl (C=O) groups excluding carboxylic acids is 1. The second kappa shape index (κ2) is 4.09. The number of ether oxygens (including phenoxy) is 1. The van der Waals surface area contributed by atoms with E-state index in [2.05, 4.69) is 11.7 Å². The summed E-state index contributed by atoms with van der Waals surface area (Å²) < 4.78 is 4.68. The molecular weight excluding hydrogens is 166 g/mol. The molecule has 0 saturated heterocycles. The standard InChI is InChI=1S/C10H19NO2/c1-8-3-4-10(5-8,7-11)6-9(12)13-2/h8H,3-7,11H2,1-2H3. The smallest absolute Gasteiger partial charge is 0.306 e. The van der Waals surface area contributed by atoms with Crippen molar-refractivity contribution < 1.29 is 9.53 Å². The molecule has 1 aliphatic rings. The van der Waals surface area contributed by atoms with Crippen LogP contribution in [0.3, 0.4) is 0 Å². The molecule has 1 saturated carbocycles. The lowest BCUT2D eigenvalue weighted by atomic mass is 9.82. The minimum absolute atomic E-state index is 0.0342. The third kappa shape index (κ3) is 2.44. The Balaban J connectivity index is 2.55. The number of nitrogens with two attached hydrogens (primary N) is 1. The summed E-state index contributed by atoms with van der Waals surface area (Å²) in [6.45, 7) is 2.82. The monoisotopic (exact) mass is 185 g/mol. The Bertz CT molecular complexity index is 193. The topological polar surface area (TPSA) is 52.3 Å². The summed E-state index contributed by atoms with van der Waals surface area (Å²) in [5, 5.41) is 0. The molecule has 0 aromatic carbocycles. The Morgan fingerprint density at radius 2 is 2.38 bits per heavy atom. The molecule has 76 valence electrons. The fourth-order valence-electron chi connectivity index (χ4n) is 2.29. The minimum Gasteiger partial charge on any atom is -0.469 e. The predicted molar refractivity (Wildman–Crippen MR) is 51.1 cm³/mol. The highest BCUT2D eigenvalue weighted by Crippen LogP contribution is 2.43. The Morgan fingerprint density at radius 3 is 2.77 bits per heavy atom. The zero-order valence-corrected chi connectivity index (χ0v) is 8.51. The third-order valence-corrected chi connectivity index (χ3v) is 3.13. The molecule has 0 spiro atoms. The van der Waals surface area contributed by atoms with E-state index in [1.54, 1.807) is 0 Å². The first-order valence-electron chi connectivity index (χ1n) is 4.89. The molecule has 13 heavy (non-hydrogen) atoms. The van der Waals surface area contributed by atoms with E-state index in [-0.39, 0.29) is 11.4 Å². The summed E-state index contributed by atoms with van der Waals surface area (Å²) in [5.41, 5.74) is 5.76. The second-order valence-corrected chi connectivity index (χ2v) is 4.31. The van der Waals surface area contributed by atoms with E-state index in [1.165, 1.54) is 13.5 Å². The van der Waals surface area contributed by atoms with Crippen LogP contribution < -0.4 is 5.73 Å². The van der Waals surface area contributed by atoms with Crippen molar-refractivity contribution in [3.05, 3.63) is 0 Å². The highest BCUT2D eigenvalue weighted by atomic mass is 16.5. The quantitative estimate of drug-likeness (QED) is 0.674. The molecule has 2 N–H and O–H groups in total. The van der Waals surface area contributed by atoms with Crippen molar-refractivity contribution in [1.29, 1.82) is 0 Å². The van der Waals surface area contributed by atoms with Crippen LogP contribution in [0.2, 0.25) is 0 Å². The summed E-state index contributed by atoms with van der Waals surface area (Å²) in [6.07, 6.45) is 3.82. The Morgan fingerprint density at radius 1 is 1.69 bits per heavy atom. The molecule has 3 heteroatoms. The Labute approximate surface area is 79.6 Å². The van der Waals surface area contributed by atoms with Crippen molar-refractivity contribution in [3.63, 3.8) is 0 Å². The lowest BCUT2D eigenvalue weighted by molar-refractivity contribution is -0.143. The zero-order chi connectivity index (χ0) is 9.90. The molecule has 3 nitrogen and oxygen atoms in total. The van der Waals surface area contributed by atoms with E-state index in [1.807, 2.05) is 0 Å². The molecule has 0 aromatic heterocycles. The number of rotatable bonds is 3. The molecule has 0 heterocycles. The zero-order valence-electron chi connectivity index (χ0n) is 8.51. The van der Waals surface area contributed by atoms with Crippen molar-refractivity contribution in [2.24, 2.45) is 17.1 Å². The van der Waals surface area contributed by atoms with Gasteiger partial charge in [-0.3, -0.25) is 4.79 Å². The number of hydrogen-bond donors (Lipinski definition) is 1. The van der Waals surface area contributed by atoms with Gasteiger partial charge < -0.3 is 10.5 Å². The molecule has 1 aliphatic carbocycles. The highest BCUT2D eigenvalue weighted by molar-refractivity contribution is 5.70. The molecule has 0 amide bonds. The summed E-state index contributed by atoms with van der Waals surface area (Å²) >= 11 is 0. The van der Waals surface area contributed by atoms with Gasteiger partial charge in [-0.05, 0) is 30.7 Å². The fourth-order valence-corrected chi connectivity index (χ4v) is 2.29. The van der Waals surface area contributed by atoms with Gasteiger partial charge in [0.2, 0.25) is 0 Å². The van der Waals surface area contributed by atoms with E-state index < -0.39 is 0 Å². The molecule has 2 atom stereocenters. The molecule has 0 radical (unpaired) electrons. The van der Waals surface area contributed by atoms with E-state index in [9.17, 15) is 4.79 Å². The molecular formula is C10H19NO2. The number of methoxy groups -OCH3 is 1. The van der Waals surface area contributed by atoms with Gasteiger partial charge in [-0.15, -0.1) is 0 Å². The van der Waals surface area contributed by atoms with Crippen molar-refractivity contribution in [2.45, 2.75) is 32.6 Å². The maximum Gasteiger partial charge on any atom is 0.306 e.